The molecule has 1 aliphatic carbocycles. The molecule has 2 aliphatic rings. The minimum absolute atomic E-state index is 0.502. The summed E-state index contributed by atoms with van der Waals surface area (Å²) in [4.78, 5) is 2.73. The van der Waals surface area contributed by atoms with Gasteiger partial charge in [0.1, 0.15) is 0 Å². The second-order valence-corrected chi connectivity index (χ2v) is 8.81. The van der Waals surface area contributed by atoms with E-state index in [0.29, 0.717) is 5.41 Å². The van der Waals surface area contributed by atoms with Gasteiger partial charge in [0.05, 0.1) is 6.61 Å². The fourth-order valence-corrected chi connectivity index (χ4v) is 4.88. The molecule has 1 aliphatic heterocycles. The summed E-state index contributed by atoms with van der Waals surface area (Å²) in [5, 5.41) is 4.46. The molecule has 124 valence electrons. The maximum atomic E-state index is 5.17. The van der Waals surface area contributed by atoms with Crippen molar-refractivity contribution in [2.24, 2.45) is 11.3 Å². The molecule has 2 fully saturated rings. The Morgan fingerprint density at radius 2 is 2.05 bits per heavy atom. The number of methoxy groups -OCH3 is 1. The summed E-state index contributed by atoms with van der Waals surface area (Å²) >= 11 is 2.13. The van der Waals surface area contributed by atoms with Crippen molar-refractivity contribution < 1.29 is 4.74 Å². The standard InChI is InChI=1S/C17H34N2OS/c1-15-4-6-17(7-5-15,13-18-8-10-20-3)14-19-9-11-21-16(2)12-19/h15-16,18H,4-14H2,1-3H3. The Bertz CT molecular complexity index is 293. The van der Waals surface area contributed by atoms with Gasteiger partial charge in [0.15, 0.2) is 0 Å². The Morgan fingerprint density at radius 3 is 2.71 bits per heavy atom. The predicted molar refractivity (Wildman–Crippen MR) is 93.2 cm³/mol. The van der Waals surface area contributed by atoms with Crippen molar-refractivity contribution in [3.8, 4) is 0 Å². The minimum atomic E-state index is 0.502. The summed E-state index contributed by atoms with van der Waals surface area (Å²) in [6, 6.07) is 0. The molecule has 0 bridgehead atoms. The minimum Gasteiger partial charge on any atom is -0.383 e. The van der Waals surface area contributed by atoms with E-state index in [1.165, 1.54) is 57.6 Å². The third kappa shape index (κ3) is 5.74. The molecule has 3 nitrogen and oxygen atoms in total. The molecule has 4 heteroatoms. The van der Waals surface area contributed by atoms with Crippen LogP contribution in [0, 0.1) is 11.3 Å². The summed E-state index contributed by atoms with van der Waals surface area (Å²) in [6.07, 6.45) is 5.60. The van der Waals surface area contributed by atoms with Gasteiger partial charge in [-0.25, -0.2) is 0 Å². The fourth-order valence-electron chi connectivity index (χ4n) is 3.80. The van der Waals surface area contributed by atoms with Gasteiger partial charge in [-0.05, 0) is 24.2 Å². The number of nitrogens with zero attached hydrogens (tertiary/aromatic N) is 1. The number of rotatable bonds is 7. The summed E-state index contributed by atoms with van der Waals surface area (Å²) in [7, 11) is 1.78. The molecule has 21 heavy (non-hydrogen) atoms. The van der Waals surface area contributed by atoms with Gasteiger partial charge in [-0.2, -0.15) is 11.8 Å². The monoisotopic (exact) mass is 314 g/mol. The first-order valence-corrected chi connectivity index (χ1v) is 9.72. The number of hydrogen-bond acceptors (Lipinski definition) is 4. The number of thioether (sulfide) groups is 1. The van der Waals surface area contributed by atoms with Crippen LogP contribution >= 0.6 is 11.8 Å². The van der Waals surface area contributed by atoms with Crippen LogP contribution in [0.5, 0.6) is 0 Å². The van der Waals surface area contributed by atoms with E-state index in [1.54, 1.807) is 7.11 Å². The van der Waals surface area contributed by atoms with Gasteiger partial charge in [0.2, 0.25) is 0 Å². The maximum Gasteiger partial charge on any atom is 0.0587 e. The third-order valence-corrected chi connectivity index (χ3v) is 6.34. The van der Waals surface area contributed by atoms with Crippen LogP contribution in [0.4, 0.5) is 0 Å². The number of hydrogen-bond donors (Lipinski definition) is 1. The summed E-state index contributed by atoms with van der Waals surface area (Å²) in [5.74, 6) is 2.23. The summed E-state index contributed by atoms with van der Waals surface area (Å²) in [5.41, 5.74) is 0.502. The van der Waals surface area contributed by atoms with Crippen molar-refractivity contribution in [1.82, 2.24) is 10.2 Å². The van der Waals surface area contributed by atoms with Crippen LogP contribution in [0.15, 0.2) is 0 Å². The van der Waals surface area contributed by atoms with Crippen LogP contribution in [0.25, 0.3) is 0 Å². The zero-order chi connectivity index (χ0) is 15.1. The summed E-state index contributed by atoms with van der Waals surface area (Å²) in [6.45, 7) is 11.6. The van der Waals surface area contributed by atoms with Gasteiger partial charge in [-0.1, -0.05) is 26.7 Å². The van der Waals surface area contributed by atoms with E-state index in [1.807, 2.05) is 0 Å². The van der Waals surface area contributed by atoms with Crippen LogP contribution in [-0.4, -0.2) is 62.3 Å². The van der Waals surface area contributed by atoms with Crippen molar-refractivity contribution in [3.05, 3.63) is 0 Å². The lowest BCUT2D eigenvalue weighted by Gasteiger charge is -2.44. The molecule has 1 saturated carbocycles. The Balaban J connectivity index is 1.88. The highest BCUT2D eigenvalue weighted by Gasteiger charge is 2.36. The lowest BCUT2D eigenvalue weighted by atomic mass is 9.70. The highest BCUT2D eigenvalue weighted by atomic mass is 32.2. The lowest BCUT2D eigenvalue weighted by Crippen LogP contribution is -2.49. The Morgan fingerprint density at radius 1 is 1.29 bits per heavy atom. The van der Waals surface area contributed by atoms with Crippen LogP contribution in [0.3, 0.4) is 0 Å². The molecule has 0 radical (unpaired) electrons. The van der Waals surface area contributed by atoms with E-state index in [9.17, 15) is 0 Å². The highest BCUT2D eigenvalue weighted by Crippen LogP contribution is 2.39. The van der Waals surface area contributed by atoms with Gasteiger partial charge in [-0.3, -0.25) is 0 Å². The average Bonchev–Trinajstić information content (AvgIpc) is 2.47. The molecule has 0 aromatic heterocycles. The van der Waals surface area contributed by atoms with E-state index < -0.39 is 0 Å². The molecule has 0 aromatic rings. The summed E-state index contributed by atoms with van der Waals surface area (Å²) < 4.78 is 5.17. The maximum absolute atomic E-state index is 5.17. The van der Waals surface area contributed by atoms with E-state index in [0.717, 1.165) is 24.3 Å². The molecule has 1 unspecified atom stereocenters. The van der Waals surface area contributed by atoms with Crippen LogP contribution in [0.2, 0.25) is 0 Å². The first-order chi connectivity index (χ1) is 10.1. The Kier molecular flexibility index (Phi) is 7.33. The molecule has 0 amide bonds. The first-order valence-electron chi connectivity index (χ1n) is 8.67. The smallest absolute Gasteiger partial charge is 0.0587 e. The van der Waals surface area contributed by atoms with Crippen LogP contribution in [0.1, 0.15) is 39.5 Å². The van der Waals surface area contributed by atoms with E-state index in [2.05, 4.69) is 35.8 Å². The third-order valence-electron chi connectivity index (χ3n) is 5.20. The molecular formula is C17H34N2OS. The van der Waals surface area contributed by atoms with Crippen LogP contribution in [-0.2, 0) is 4.74 Å². The van der Waals surface area contributed by atoms with Crippen molar-refractivity contribution in [2.45, 2.75) is 44.8 Å². The van der Waals surface area contributed by atoms with E-state index in [-0.39, 0.29) is 0 Å². The lowest BCUT2D eigenvalue weighted by molar-refractivity contribution is 0.0858. The zero-order valence-corrected chi connectivity index (χ0v) is 15.0. The predicted octanol–water partition coefficient (Wildman–Crippen LogP) is 2.86. The highest BCUT2D eigenvalue weighted by molar-refractivity contribution is 7.99. The fraction of sp³-hybridized carbons (Fsp3) is 1.00. The van der Waals surface area contributed by atoms with Gasteiger partial charge < -0.3 is 15.0 Å². The average molecular weight is 315 g/mol. The second-order valence-electron chi connectivity index (χ2n) is 7.27. The quantitative estimate of drug-likeness (QED) is 0.730. The molecular weight excluding hydrogens is 280 g/mol. The molecule has 1 N–H and O–H groups in total. The van der Waals surface area contributed by atoms with Gasteiger partial charge in [0, 0.05) is 50.8 Å². The van der Waals surface area contributed by atoms with Crippen molar-refractivity contribution in [2.75, 3.05) is 52.2 Å². The van der Waals surface area contributed by atoms with E-state index in [4.69, 9.17) is 4.74 Å². The van der Waals surface area contributed by atoms with Gasteiger partial charge in [-0.15, -0.1) is 0 Å². The molecule has 0 aromatic carbocycles. The zero-order valence-electron chi connectivity index (χ0n) is 14.2. The van der Waals surface area contributed by atoms with Gasteiger partial charge in [0.25, 0.3) is 0 Å². The first kappa shape index (κ1) is 17.6. The number of ether oxygens (including phenoxy) is 1. The van der Waals surface area contributed by atoms with E-state index >= 15 is 0 Å². The largest absolute Gasteiger partial charge is 0.383 e. The van der Waals surface area contributed by atoms with Crippen molar-refractivity contribution in [3.63, 3.8) is 0 Å². The Hall–Kier alpha value is 0.230. The second kappa shape index (κ2) is 8.76. The SMILES string of the molecule is COCCNCC1(CN2CCSC(C)C2)CCC(C)CC1. The molecule has 2 rings (SSSR count). The molecule has 1 saturated heterocycles. The normalized spacial score (nSPS) is 35.0. The van der Waals surface area contributed by atoms with Crippen LogP contribution < -0.4 is 5.32 Å². The molecule has 0 spiro atoms. The van der Waals surface area contributed by atoms with Crippen molar-refractivity contribution in [1.29, 1.82) is 0 Å². The molecule has 1 heterocycles. The topological polar surface area (TPSA) is 24.5 Å². The van der Waals surface area contributed by atoms with Crippen molar-refractivity contribution >= 4 is 11.8 Å². The Labute approximate surface area is 135 Å². The molecule has 1 atom stereocenters. The number of nitrogens with one attached hydrogen (secondary N) is 1. The van der Waals surface area contributed by atoms with Gasteiger partial charge >= 0.3 is 0 Å².